The molecule has 300 valence electrons. The second-order valence-electron chi connectivity index (χ2n) is 16.7. The molecule has 0 saturated carbocycles. The van der Waals surface area contributed by atoms with Crippen molar-refractivity contribution in [3.05, 3.63) is 60.7 Å². The maximum atomic E-state index is 10.7. The third-order valence-electron chi connectivity index (χ3n) is 12.9. The first kappa shape index (κ1) is 39.9. The van der Waals surface area contributed by atoms with Gasteiger partial charge in [0, 0.05) is 11.8 Å². The van der Waals surface area contributed by atoms with E-state index >= 15 is 0 Å². The number of rotatable bonds is 11. The maximum Gasteiger partial charge on any atom is 0.494 e. The van der Waals surface area contributed by atoms with E-state index in [-0.39, 0.29) is 31.5 Å². The van der Waals surface area contributed by atoms with Gasteiger partial charge in [0.05, 0.1) is 51.8 Å². The monoisotopic (exact) mass is 772 g/mol. The molecule has 1 saturated heterocycles. The molecule has 0 amide bonds. The highest BCUT2D eigenvalue weighted by Gasteiger charge is 2.39. The maximum absolute atomic E-state index is 10.7. The van der Waals surface area contributed by atoms with Gasteiger partial charge in [-0.1, -0.05) is 97.6 Å². The molecule has 14 bridgehead atoms. The first-order valence-corrected chi connectivity index (χ1v) is 21.4. The Hall–Kier alpha value is -3.95. The van der Waals surface area contributed by atoms with Crippen LogP contribution in [0.4, 0.5) is 0 Å². The first-order valence-electron chi connectivity index (χ1n) is 21.4. The largest absolute Gasteiger partial charge is 0.494 e. The van der Waals surface area contributed by atoms with E-state index < -0.39 is 13.2 Å². The summed E-state index contributed by atoms with van der Waals surface area (Å²) in [4.78, 5) is 0. The van der Waals surface area contributed by atoms with Crippen LogP contribution in [0.2, 0.25) is 6.82 Å². The van der Waals surface area contributed by atoms with E-state index in [0.717, 1.165) is 81.1 Å². The van der Waals surface area contributed by atoms with Crippen LogP contribution in [0.3, 0.4) is 0 Å². The fourth-order valence-electron chi connectivity index (χ4n) is 8.46. The van der Waals surface area contributed by atoms with Crippen molar-refractivity contribution in [3.8, 4) is 67.5 Å². The van der Waals surface area contributed by atoms with E-state index in [2.05, 4.69) is 109 Å². The summed E-state index contributed by atoms with van der Waals surface area (Å²) < 4.78 is 47.1. The number of hydrogen-bond donors (Lipinski definition) is 1. The molecule has 57 heavy (non-hydrogen) atoms. The second-order valence-corrected chi connectivity index (χ2v) is 16.7. The highest BCUT2D eigenvalue weighted by atomic mass is 16.6. The van der Waals surface area contributed by atoms with Crippen molar-refractivity contribution in [2.24, 2.45) is 23.7 Å². The Morgan fingerprint density at radius 1 is 0.632 bits per heavy atom. The lowest BCUT2D eigenvalue weighted by molar-refractivity contribution is 0.0434. The Labute approximate surface area is 339 Å². The molecular weight excluding hydrogens is 714 g/mol. The second kappa shape index (κ2) is 17.1. The lowest BCUT2D eigenvalue weighted by Crippen LogP contribution is -2.41. The molecule has 1 aliphatic carbocycles. The Kier molecular flexibility index (Phi) is 12.0. The number of aliphatic hydroxyl groups is 1. The Morgan fingerprint density at radius 3 is 1.68 bits per heavy atom. The van der Waals surface area contributed by atoms with E-state index in [1.54, 1.807) is 0 Å². The zero-order valence-corrected chi connectivity index (χ0v) is 34.8. The number of fused-ring (bicyclic) bond motifs is 4. The molecule has 1 fully saturated rings. The fraction of sp³-hybridized carbons (Fsp3) is 0.489. The van der Waals surface area contributed by atoms with Crippen molar-refractivity contribution >= 4 is 25.0 Å². The minimum absolute atomic E-state index is 0.0555. The van der Waals surface area contributed by atoms with E-state index in [4.69, 9.17) is 32.9 Å². The molecule has 0 aromatic heterocycles. The number of hydrogen-bond acceptors (Lipinski definition) is 8. The highest BCUT2D eigenvalue weighted by molar-refractivity contribution is 6.66. The van der Waals surface area contributed by atoms with Crippen LogP contribution in [0.15, 0.2) is 60.7 Å². The van der Waals surface area contributed by atoms with Gasteiger partial charge in [-0.15, -0.1) is 0 Å². The highest BCUT2D eigenvalue weighted by Crippen LogP contribution is 2.53. The van der Waals surface area contributed by atoms with Crippen LogP contribution >= 0.6 is 0 Å². The van der Waals surface area contributed by atoms with Gasteiger partial charge in [0.25, 0.3) is 0 Å². The molecule has 8 nitrogen and oxygen atoms in total. The van der Waals surface area contributed by atoms with E-state index in [1.807, 2.05) is 0 Å². The van der Waals surface area contributed by atoms with Crippen molar-refractivity contribution < 1.29 is 38.0 Å². The predicted molar refractivity (Wildman–Crippen MR) is 230 cm³/mol. The van der Waals surface area contributed by atoms with Crippen molar-refractivity contribution in [2.45, 2.75) is 86.3 Å². The lowest BCUT2D eigenvalue weighted by atomic mass is 9.62. The van der Waals surface area contributed by atoms with Crippen molar-refractivity contribution in [3.63, 3.8) is 0 Å². The molecule has 4 aromatic rings. The summed E-state index contributed by atoms with van der Waals surface area (Å²) in [5.74, 6) is 3.54. The zero-order chi connectivity index (χ0) is 39.8. The summed E-state index contributed by atoms with van der Waals surface area (Å²) >= 11 is 0. The molecule has 14 rings (SSSR count). The summed E-state index contributed by atoms with van der Waals surface area (Å²) in [5.41, 5.74) is 10.4. The molecule has 0 radical (unpaired) electrons. The summed E-state index contributed by atoms with van der Waals surface area (Å²) in [5, 5.41) is 10.7. The smallest absolute Gasteiger partial charge is 0.489 e. The van der Waals surface area contributed by atoms with Gasteiger partial charge < -0.3 is 38.0 Å². The van der Waals surface area contributed by atoms with Crippen molar-refractivity contribution in [1.82, 2.24) is 0 Å². The summed E-state index contributed by atoms with van der Waals surface area (Å²) in [6, 6.07) is 22.0. The van der Waals surface area contributed by atoms with Gasteiger partial charge in [-0.25, -0.2) is 0 Å². The van der Waals surface area contributed by atoms with Gasteiger partial charge in [0.15, 0.2) is 23.0 Å². The van der Waals surface area contributed by atoms with Crippen LogP contribution in [-0.4, -0.2) is 71.0 Å². The third-order valence-corrected chi connectivity index (χ3v) is 12.9. The molecule has 4 aromatic carbocycles. The molecule has 9 heterocycles. The average Bonchev–Trinajstić information content (AvgIpc) is 3.73. The zero-order valence-electron chi connectivity index (χ0n) is 34.8. The van der Waals surface area contributed by atoms with Crippen LogP contribution in [0.25, 0.3) is 44.5 Å². The van der Waals surface area contributed by atoms with E-state index in [9.17, 15) is 5.11 Å². The molecule has 0 spiro atoms. The van der Waals surface area contributed by atoms with Crippen LogP contribution < -0.4 is 29.9 Å². The van der Waals surface area contributed by atoms with Gasteiger partial charge in [0.2, 0.25) is 0 Å². The van der Waals surface area contributed by atoms with Crippen LogP contribution in [0.5, 0.6) is 23.0 Å². The minimum Gasteiger partial charge on any atom is -0.489 e. The average molecular weight is 773 g/mol. The van der Waals surface area contributed by atoms with Crippen LogP contribution in [0.1, 0.15) is 67.2 Å². The molecule has 10 aliphatic rings. The van der Waals surface area contributed by atoms with E-state index in [1.165, 1.54) is 0 Å². The minimum atomic E-state index is -0.504. The lowest BCUT2D eigenvalue weighted by Gasteiger charge is -2.28. The number of aliphatic hydroxyl groups excluding tert-OH is 1. The summed E-state index contributed by atoms with van der Waals surface area (Å²) in [6.45, 7) is 17.2. The molecule has 10 heteroatoms. The topological polar surface area (TPSA) is 84.8 Å². The Bertz CT molecular complexity index is 2070. The predicted octanol–water partition coefficient (Wildman–Crippen LogP) is 8.67. The Balaban J connectivity index is 1.48. The standard InChI is InChI=1S/C47H58B2O8/c1-8-28(5)23-51-42-21-41-39-19-44(42)53-25-30(10-3)46(22-50)56-48(7)32-12-14-34-35-15-13-33(17-37(35)39)49-55-27-47(57-49)31(11-4)26-54-45-18-38(36(34)16-32)40(41)20-43(45)52-24-29(6)9-2/h12-21,28-31,46-47,50H,8-11,22-27H2,1-7H3. The van der Waals surface area contributed by atoms with Gasteiger partial charge in [-0.05, 0) is 104 Å². The van der Waals surface area contributed by atoms with E-state index in [0.29, 0.717) is 67.9 Å². The molecule has 6 unspecified atom stereocenters. The van der Waals surface area contributed by atoms with Gasteiger partial charge in [-0.2, -0.15) is 0 Å². The third kappa shape index (κ3) is 7.83. The van der Waals surface area contributed by atoms with Gasteiger partial charge in [-0.3, -0.25) is 0 Å². The van der Waals surface area contributed by atoms with Gasteiger partial charge in [0.1, 0.15) is 0 Å². The van der Waals surface area contributed by atoms with Crippen molar-refractivity contribution in [2.75, 3.05) is 39.6 Å². The van der Waals surface area contributed by atoms with Crippen molar-refractivity contribution in [1.29, 1.82) is 0 Å². The normalized spacial score (nSPS) is 21.8. The van der Waals surface area contributed by atoms with Gasteiger partial charge >= 0.3 is 14.0 Å². The molecular formula is C47H58B2O8. The summed E-state index contributed by atoms with van der Waals surface area (Å²) in [7, 11) is -0.504. The quantitative estimate of drug-likeness (QED) is 0.134. The molecule has 9 aliphatic heterocycles. The SMILES string of the molecule is CCC(C)COc1cc2c3cc1OCC(CC)C(CO)OB(C)c1ccc4c(c1)-c1cc(c(OCC(C)CC)cc1-2)OCC(CC)C1COB(O1)c1ccc-4c-3c1. The fourth-order valence-corrected chi connectivity index (χ4v) is 8.46. The molecule has 6 atom stereocenters. The van der Waals surface area contributed by atoms with Crippen LogP contribution in [0, 0.1) is 23.7 Å². The number of ether oxygens (including phenoxy) is 4. The number of benzene rings is 4. The van der Waals surface area contributed by atoms with Crippen LogP contribution in [-0.2, 0) is 14.0 Å². The molecule has 1 N–H and O–H groups in total. The summed E-state index contributed by atoms with van der Waals surface area (Å²) in [6.07, 6.45) is 3.13. The Morgan fingerprint density at radius 2 is 1.14 bits per heavy atom. The first-order chi connectivity index (χ1) is 27.7.